The third-order valence-corrected chi connectivity index (χ3v) is 2.82. The first-order valence-corrected chi connectivity index (χ1v) is 6.67. The molecule has 0 aliphatic carbocycles. The third-order valence-electron chi connectivity index (χ3n) is 2.17. The second-order valence-electron chi connectivity index (χ2n) is 3.60. The summed E-state index contributed by atoms with van der Waals surface area (Å²) >= 11 is 3.17. The number of halogens is 1. The summed E-state index contributed by atoms with van der Waals surface area (Å²) in [4.78, 5) is 11.3. The Bertz CT molecular complexity index is 387. The van der Waals surface area contributed by atoms with Gasteiger partial charge in [0.05, 0.1) is 24.3 Å². The zero-order valence-electron chi connectivity index (χ0n) is 10.4. The Hall–Kier alpha value is -1.13. The van der Waals surface area contributed by atoms with Crippen molar-refractivity contribution in [1.82, 2.24) is 0 Å². The maximum atomic E-state index is 11.3. The normalized spacial score (nSPS) is 11.3. The van der Waals surface area contributed by atoms with Crippen LogP contribution in [0.25, 0.3) is 0 Å². The van der Waals surface area contributed by atoms with Gasteiger partial charge in [-0.2, -0.15) is 0 Å². The van der Waals surface area contributed by atoms with Gasteiger partial charge in [-0.15, -0.1) is 0 Å². The summed E-state index contributed by atoms with van der Waals surface area (Å²) in [6, 6.07) is 9.98. The highest BCUT2D eigenvalue weighted by molar-refractivity contribution is 9.12. The molecular formula is C14H17BrO3. The minimum atomic E-state index is -0.333. The Labute approximate surface area is 116 Å². The van der Waals surface area contributed by atoms with E-state index >= 15 is 0 Å². The van der Waals surface area contributed by atoms with Crippen molar-refractivity contribution in [3.63, 3.8) is 0 Å². The Morgan fingerprint density at radius 2 is 2.06 bits per heavy atom. The lowest BCUT2D eigenvalue weighted by atomic mass is 10.2. The van der Waals surface area contributed by atoms with E-state index in [1.165, 1.54) is 0 Å². The topological polar surface area (TPSA) is 35.5 Å². The lowest BCUT2D eigenvalue weighted by Crippen LogP contribution is -2.03. The Kier molecular flexibility index (Phi) is 7.37. The van der Waals surface area contributed by atoms with Crippen LogP contribution < -0.4 is 0 Å². The Morgan fingerprint density at radius 3 is 2.72 bits per heavy atom. The van der Waals surface area contributed by atoms with E-state index in [0.29, 0.717) is 30.7 Å². The molecule has 0 amide bonds. The van der Waals surface area contributed by atoms with Crippen molar-refractivity contribution in [2.24, 2.45) is 0 Å². The number of hydrogen-bond donors (Lipinski definition) is 0. The summed E-state index contributed by atoms with van der Waals surface area (Å²) in [5.74, 6) is -0.333. The van der Waals surface area contributed by atoms with E-state index in [9.17, 15) is 4.79 Å². The van der Waals surface area contributed by atoms with Crippen LogP contribution in [-0.4, -0.2) is 19.2 Å². The van der Waals surface area contributed by atoms with Crippen LogP contribution in [0.3, 0.4) is 0 Å². The first kappa shape index (κ1) is 14.9. The fourth-order valence-corrected chi connectivity index (χ4v) is 1.66. The van der Waals surface area contributed by atoms with E-state index in [1.807, 2.05) is 30.3 Å². The summed E-state index contributed by atoms with van der Waals surface area (Å²) in [6.07, 6.45) is 2.44. The van der Waals surface area contributed by atoms with Crippen LogP contribution >= 0.6 is 15.9 Å². The van der Waals surface area contributed by atoms with Crippen LogP contribution in [0.15, 0.2) is 40.9 Å². The molecule has 0 unspecified atom stereocenters. The van der Waals surface area contributed by atoms with Gasteiger partial charge in [-0.3, -0.25) is 0 Å². The highest BCUT2D eigenvalue weighted by atomic mass is 79.9. The fraction of sp³-hybridized carbons (Fsp3) is 0.357. The molecule has 0 N–H and O–H groups in total. The average molecular weight is 313 g/mol. The smallest absolute Gasteiger partial charge is 0.344 e. The molecule has 98 valence electrons. The Balaban J connectivity index is 2.18. The molecule has 18 heavy (non-hydrogen) atoms. The first-order valence-electron chi connectivity index (χ1n) is 5.88. The number of carbonyl (C=O) groups is 1. The van der Waals surface area contributed by atoms with Crippen molar-refractivity contribution in [2.75, 3.05) is 13.2 Å². The first-order chi connectivity index (χ1) is 8.74. The van der Waals surface area contributed by atoms with Crippen LogP contribution in [0.1, 0.15) is 18.9 Å². The molecule has 0 saturated carbocycles. The molecule has 1 rings (SSSR count). The highest BCUT2D eigenvalue weighted by Gasteiger charge is 2.04. The molecule has 0 atom stereocenters. The minimum Gasteiger partial charge on any atom is -0.462 e. The predicted octanol–water partition coefficient (Wildman–Crippen LogP) is 3.44. The molecule has 0 spiro atoms. The summed E-state index contributed by atoms with van der Waals surface area (Å²) < 4.78 is 10.8. The van der Waals surface area contributed by atoms with Gasteiger partial charge in [0.1, 0.15) is 0 Å². The predicted molar refractivity (Wildman–Crippen MR) is 74.4 cm³/mol. The molecule has 3 nitrogen and oxygen atoms in total. The van der Waals surface area contributed by atoms with Gasteiger partial charge in [0, 0.05) is 0 Å². The van der Waals surface area contributed by atoms with Crippen molar-refractivity contribution < 1.29 is 14.3 Å². The molecule has 1 aromatic rings. The monoisotopic (exact) mass is 312 g/mol. The number of esters is 1. The number of carbonyl (C=O) groups excluding carboxylic acids is 1. The van der Waals surface area contributed by atoms with Gasteiger partial charge in [-0.1, -0.05) is 36.4 Å². The second kappa shape index (κ2) is 8.89. The van der Waals surface area contributed by atoms with Crippen molar-refractivity contribution in [3.05, 3.63) is 46.5 Å². The fourth-order valence-electron chi connectivity index (χ4n) is 1.32. The van der Waals surface area contributed by atoms with Gasteiger partial charge in [0.2, 0.25) is 0 Å². The minimum absolute atomic E-state index is 0.333. The number of ether oxygens (including phenoxy) is 2. The highest BCUT2D eigenvalue weighted by Crippen LogP contribution is 2.09. The van der Waals surface area contributed by atoms with E-state index in [1.54, 1.807) is 13.0 Å². The molecule has 1 aromatic carbocycles. The molecule has 0 heterocycles. The van der Waals surface area contributed by atoms with Crippen LogP contribution in [0.4, 0.5) is 0 Å². The second-order valence-corrected chi connectivity index (χ2v) is 4.45. The van der Waals surface area contributed by atoms with Crippen molar-refractivity contribution in [1.29, 1.82) is 0 Å². The van der Waals surface area contributed by atoms with Gasteiger partial charge < -0.3 is 9.47 Å². The molecule has 0 bridgehead atoms. The van der Waals surface area contributed by atoms with E-state index < -0.39 is 0 Å². The van der Waals surface area contributed by atoms with Gasteiger partial charge in [0.15, 0.2) is 0 Å². The zero-order valence-corrected chi connectivity index (χ0v) is 12.0. The van der Waals surface area contributed by atoms with Gasteiger partial charge in [0.25, 0.3) is 0 Å². The van der Waals surface area contributed by atoms with E-state index in [0.717, 1.165) is 5.56 Å². The molecule has 0 radical (unpaired) electrons. The van der Waals surface area contributed by atoms with E-state index in [2.05, 4.69) is 15.9 Å². The summed E-state index contributed by atoms with van der Waals surface area (Å²) in [7, 11) is 0. The molecule has 0 aliphatic rings. The number of rotatable bonds is 7. The van der Waals surface area contributed by atoms with Crippen molar-refractivity contribution in [2.45, 2.75) is 20.0 Å². The lowest BCUT2D eigenvalue weighted by Gasteiger charge is -2.03. The largest absolute Gasteiger partial charge is 0.462 e. The lowest BCUT2D eigenvalue weighted by molar-refractivity contribution is -0.137. The third kappa shape index (κ3) is 5.98. The average Bonchev–Trinajstić information content (AvgIpc) is 2.39. The standard InChI is InChI=1S/C14H17BrO3/c1-2-18-14(16)13(15)9-6-10-17-11-12-7-4-3-5-8-12/h3-5,7-9H,2,6,10-11H2,1H3/b13-9-. The maximum absolute atomic E-state index is 11.3. The van der Waals surface area contributed by atoms with E-state index in [-0.39, 0.29) is 5.97 Å². The quantitative estimate of drug-likeness (QED) is 0.439. The molecule has 0 fully saturated rings. The number of hydrogen-bond acceptors (Lipinski definition) is 3. The van der Waals surface area contributed by atoms with E-state index in [4.69, 9.17) is 9.47 Å². The Morgan fingerprint density at radius 1 is 1.33 bits per heavy atom. The van der Waals surface area contributed by atoms with Crippen LogP contribution in [-0.2, 0) is 20.9 Å². The van der Waals surface area contributed by atoms with Gasteiger partial charge in [-0.25, -0.2) is 4.79 Å². The molecule has 0 aromatic heterocycles. The summed E-state index contributed by atoms with van der Waals surface area (Å²) in [5.41, 5.74) is 1.14. The SMILES string of the molecule is CCOC(=O)/C(Br)=C/CCOCc1ccccc1. The maximum Gasteiger partial charge on any atom is 0.344 e. The summed E-state index contributed by atoms with van der Waals surface area (Å²) in [5, 5.41) is 0. The molecule has 0 aliphatic heterocycles. The van der Waals surface area contributed by atoms with Gasteiger partial charge in [-0.05, 0) is 34.8 Å². The van der Waals surface area contributed by atoms with Crippen LogP contribution in [0.5, 0.6) is 0 Å². The van der Waals surface area contributed by atoms with Crippen LogP contribution in [0, 0.1) is 0 Å². The summed E-state index contributed by atoms with van der Waals surface area (Å²) in [6.45, 7) is 3.32. The molecule has 4 heteroatoms. The molecule has 0 saturated heterocycles. The zero-order chi connectivity index (χ0) is 13.2. The van der Waals surface area contributed by atoms with Crippen molar-refractivity contribution in [3.8, 4) is 0 Å². The van der Waals surface area contributed by atoms with Crippen molar-refractivity contribution >= 4 is 21.9 Å². The van der Waals surface area contributed by atoms with Crippen LogP contribution in [0.2, 0.25) is 0 Å². The number of benzene rings is 1. The van der Waals surface area contributed by atoms with Gasteiger partial charge >= 0.3 is 5.97 Å². The molecular weight excluding hydrogens is 296 g/mol.